The normalized spacial score (nSPS) is 20.3. The number of hydrogen-bond acceptors (Lipinski definition) is 5. The van der Waals surface area contributed by atoms with Gasteiger partial charge in [-0.15, -0.1) is 11.3 Å². The summed E-state index contributed by atoms with van der Waals surface area (Å²) in [6, 6.07) is 2.04. The van der Waals surface area contributed by atoms with Crippen LogP contribution in [-0.4, -0.2) is 28.3 Å². The molecule has 0 spiro atoms. The van der Waals surface area contributed by atoms with Gasteiger partial charge in [0.15, 0.2) is 0 Å². The minimum absolute atomic E-state index is 0.338. The Hall–Kier alpha value is -1.24. The topological polar surface area (TPSA) is 44.2 Å². The van der Waals surface area contributed by atoms with E-state index in [2.05, 4.69) is 9.97 Å². The largest absolute Gasteiger partial charge is 0.496 e. The molecule has 104 valence electrons. The first-order chi connectivity index (χ1) is 9.39. The van der Waals surface area contributed by atoms with Crippen LogP contribution in [0.2, 0.25) is 0 Å². The SMILES string of the molecule is CC1(C)OB(c2cncc(-c3nccs3)c2)OC1(C)C. The highest BCUT2D eigenvalue weighted by Crippen LogP contribution is 2.36. The van der Waals surface area contributed by atoms with Crippen molar-refractivity contribution in [1.29, 1.82) is 0 Å². The van der Waals surface area contributed by atoms with Crippen LogP contribution in [0.25, 0.3) is 10.6 Å². The van der Waals surface area contributed by atoms with Gasteiger partial charge in [-0.25, -0.2) is 4.98 Å². The lowest BCUT2D eigenvalue weighted by atomic mass is 9.80. The summed E-state index contributed by atoms with van der Waals surface area (Å²) in [7, 11) is -0.382. The molecule has 4 nitrogen and oxygen atoms in total. The van der Waals surface area contributed by atoms with E-state index in [1.165, 1.54) is 0 Å². The molecule has 6 heteroatoms. The van der Waals surface area contributed by atoms with Crippen LogP contribution >= 0.6 is 11.3 Å². The van der Waals surface area contributed by atoms with Gasteiger partial charge in [-0.2, -0.15) is 0 Å². The molecule has 0 N–H and O–H groups in total. The van der Waals surface area contributed by atoms with Gasteiger partial charge in [0.05, 0.1) is 11.2 Å². The molecule has 3 rings (SSSR count). The number of aromatic nitrogens is 2. The molecular formula is C14H17BN2O2S. The maximum absolute atomic E-state index is 6.04. The summed E-state index contributed by atoms with van der Waals surface area (Å²) in [6.07, 6.45) is 5.40. The van der Waals surface area contributed by atoms with Crippen LogP contribution in [0.5, 0.6) is 0 Å². The molecule has 3 heterocycles. The van der Waals surface area contributed by atoms with Crippen molar-refractivity contribution in [3.8, 4) is 10.6 Å². The summed E-state index contributed by atoms with van der Waals surface area (Å²) < 4.78 is 12.1. The van der Waals surface area contributed by atoms with Crippen molar-refractivity contribution in [3.05, 3.63) is 30.0 Å². The Balaban J connectivity index is 1.91. The summed E-state index contributed by atoms with van der Waals surface area (Å²) in [5, 5.41) is 2.91. The third-order valence-electron chi connectivity index (χ3n) is 3.96. The molecule has 0 bridgehead atoms. The van der Waals surface area contributed by atoms with Gasteiger partial charge < -0.3 is 9.31 Å². The minimum Gasteiger partial charge on any atom is -0.399 e. The van der Waals surface area contributed by atoms with Crippen molar-refractivity contribution < 1.29 is 9.31 Å². The van der Waals surface area contributed by atoms with Crippen LogP contribution in [0.4, 0.5) is 0 Å². The van der Waals surface area contributed by atoms with Gasteiger partial charge in [-0.3, -0.25) is 4.98 Å². The van der Waals surface area contributed by atoms with Crippen molar-refractivity contribution in [3.63, 3.8) is 0 Å². The van der Waals surface area contributed by atoms with Crippen LogP contribution in [0, 0.1) is 0 Å². The average Bonchev–Trinajstić information content (AvgIpc) is 2.97. The zero-order valence-electron chi connectivity index (χ0n) is 12.1. The van der Waals surface area contributed by atoms with Crippen LogP contribution in [-0.2, 0) is 9.31 Å². The molecule has 1 saturated heterocycles. The summed E-state index contributed by atoms with van der Waals surface area (Å²) >= 11 is 1.59. The standard InChI is InChI=1S/C14H17BN2O2S/c1-13(2)14(3,4)19-15(18-13)11-7-10(8-16-9-11)12-17-5-6-20-12/h5-9H,1-4H3. The fraction of sp³-hybridized carbons (Fsp3) is 0.429. The highest BCUT2D eigenvalue weighted by atomic mass is 32.1. The van der Waals surface area contributed by atoms with Gasteiger partial charge in [0, 0.05) is 35.0 Å². The van der Waals surface area contributed by atoms with E-state index in [1.54, 1.807) is 23.7 Å². The monoisotopic (exact) mass is 288 g/mol. The third kappa shape index (κ3) is 2.28. The second kappa shape index (κ2) is 4.65. The molecule has 2 aromatic heterocycles. The lowest BCUT2D eigenvalue weighted by molar-refractivity contribution is 0.00578. The first-order valence-electron chi connectivity index (χ1n) is 6.59. The first kappa shape index (κ1) is 13.7. The molecule has 1 aliphatic rings. The van der Waals surface area contributed by atoms with Gasteiger partial charge in [0.25, 0.3) is 0 Å². The molecule has 0 unspecified atom stereocenters. The molecule has 0 amide bonds. The molecule has 2 aromatic rings. The van der Waals surface area contributed by atoms with Crippen LogP contribution < -0.4 is 5.46 Å². The van der Waals surface area contributed by atoms with Crippen LogP contribution in [0.15, 0.2) is 30.0 Å². The van der Waals surface area contributed by atoms with Gasteiger partial charge in [-0.05, 0) is 33.8 Å². The van der Waals surface area contributed by atoms with Crippen molar-refractivity contribution in [2.45, 2.75) is 38.9 Å². The second-order valence-corrected chi connectivity index (χ2v) is 6.83. The van der Waals surface area contributed by atoms with Crippen LogP contribution in [0.3, 0.4) is 0 Å². The Morgan fingerprint density at radius 2 is 1.80 bits per heavy atom. The van der Waals surface area contributed by atoms with E-state index in [9.17, 15) is 0 Å². The van der Waals surface area contributed by atoms with Crippen molar-refractivity contribution in [1.82, 2.24) is 9.97 Å². The van der Waals surface area contributed by atoms with E-state index in [0.717, 1.165) is 16.0 Å². The highest BCUT2D eigenvalue weighted by Gasteiger charge is 2.51. The fourth-order valence-electron chi connectivity index (χ4n) is 2.05. The Kier molecular flexibility index (Phi) is 3.19. The Morgan fingerprint density at radius 3 is 2.40 bits per heavy atom. The molecule has 20 heavy (non-hydrogen) atoms. The smallest absolute Gasteiger partial charge is 0.399 e. The van der Waals surface area contributed by atoms with Crippen molar-refractivity contribution in [2.75, 3.05) is 0 Å². The first-order valence-corrected chi connectivity index (χ1v) is 7.47. The van der Waals surface area contributed by atoms with E-state index in [0.29, 0.717) is 0 Å². The maximum atomic E-state index is 6.04. The number of hydrogen-bond donors (Lipinski definition) is 0. The lowest BCUT2D eigenvalue weighted by Crippen LogP contribution is -2.41. The predicted octanol–water partition coefficient (Wildman–Crippen LogP) is 2.50. The summed E-state index contributed by atoms with van der Waals surface area (Å²) in [4.78, 5) is 8.60. The molecule has 0 atom stereocenters. The van der Waals surface area contributed by atoms with E-state index < -0.39 is 0 Å². The molecule has 0 saturated carbocycles. The fourth-order valence-corrected chi connectivity index (χ4v) is 2.67. The van der Waals surface area contributed by atoms with Crippen molar-refractivity contribution >= 4 is 23.9 Å². The highest BCUT2D eigenvalue weighted by molar-refractivity contribution is 7.13. The third-order valence-corrected chi connectivity index (χ3v) is 4.79. The van der Waals surface area contributed by atoms with E-state index in [-0.39, 0.29) is 18.3 Å². The zero-order chi connectivity index (χ0) is 14.4. The Labute approximate surface area is 123 Å². The Bertz CT molecular complexity index is 597. The average molecular weight is 288 g/mol. The molecule has 0 aliphatic carbocycles. The van der Waals surface area contributed by atoms with Crippen LogP contribution in [0.1, 0.15) is 27.7 Å². The zero-order valence-corrected chi connectivity index (χ0v) is 12.9. The number of thiazole rings is 1. The van der Waals surface area contributed by atoms with Gasteiger partial charge >= 0.3 is 7.12 Å². The summed E-state index contributed by atoms with van der Waals surface area (Å²) in [5.74, 6) is 0. The number of nitrogens with zero attached hydrogens (tertiary/aromatic N) is 2. The van der Waals surface area contributed by atoms with Gasteiger partial charge in [0.1, 0.15) is 5.01 Å². The Morgan fingerprint density at radius 1 is 1.10 bits per heavy atom. The molecule has 1 fully saturated rings. The summed E-state index contributed by atoms with van der Waals surface area (Å²) in [6.45, 7) is 8.19. The quantitative estimate of drug-likeness (QED) is 0.796. The van der Waals surface area contributed by atoms with Gasteiger partial charge in [0.2, 0.25) is 0 Å². The minimum atomic E-state index is -0.382. The van der Waals surface area contributed by atoms with E-state index in [4.69, 9.17) is 9.31 Å². The van der Waals surface area contributed by atoms with Crippen molar-refractivity contribution in [2.24, 2.45) is 0 Å². The molecular weight excluding hydrogens is 271 g/mol. The number of pyridine rings is 1. The second-order valence-electron chi connectivity index (χ2n) is 5.93. The molecule has 0 radical (unpaired) electrons. The van der Waals surface area contributed by atoms with E-state index in [1.807, 2.05) is 45.3 Å². The molecule has 0 aromatic carbocycles. The summed E-state index contributed by atoms with van der Waals surface area (Å²) in [5.41, 5.74) is 1.24. The lowest BCUT2D eigenvalue weighted by Gasteiger charge is -2.32. The predicted molar refractivity (Wildman–Crippen MR) is 81.1 cm³/mol. The number of rotatable bonds is 2. The van der Waals surface area contributed by atoms with E-state index >= 15 is 0 Å². The molecule has 1 aliphatic heterocycles. The maximum Gasteiger partial charge on any atom is 0.496 e. The van der Waals surface area contributed by atoms with Gasteiger partial charge in [-0.1, -0.05) is 0 Å².